The molecule has 2 aromatic carbocycles. The molecule has 25 heavy (non-hydrogen) atoms. The van der Waals surface area contributed by atoms with Gasteiger partial charge < -0.3 is 4.98 Å². The Morgan fingerprint density at radius 2 is 1.60 bits per heavy atom. The summed E-state index contributed by atoms with van der Waals surface area (Å²) in [4.78, 5) is 2.82. The van der Waals surface area contributed by atoms with Crippen LogP contribution in [0.3, 0.4) is 0 Å². The molecular weight excluding hydrogens is 439 g/mol. The Morgan fingerprint density at radius 3 is 2.16 bits per heavy atom. The summed E-state index contributed by atoms with van der Waals surface area (Å²) in [6, 6.07) is 14.6. The van der Waals surface area contributed by atoms with Crippen LogP contribution in [-0.2, 0) is 17.0 Å². The van der Waals surface area contributed by atoms with Crippen LogP contribution in [0.1, 0.15) is 5.69 Å². The van der Waals surface area contributed by atoms with Gasteiger partial charge in [-0.1, -0.05) is 41.9 Å². The first kappa shape index (κ1) is 18.2. The van der Waals surface area contributed by atoms with Gasteiger partial charge in [0.1, 0.15) is 5.69 Å². The van der Waals surface area contributed by atoms with E-state index >= 15 is 0 Å². The van der Waals surface area contributed by atoms with Crippen LogP contribution >= 0.6 is 27.5 Å². The van der Waals surface area contributed by atoms with Gasteiger partial charge in [-0.05, 0) is 45.8 Å². The minimum Gasteiger partial charge on any atom is -0.349 e. The molecule has 0 amide bonds. The Balaban J connectivity index is 2.23. The minimum atomic E-state index is -4.61. The maximum absolute atomic E-state index is 13.3. The Bertz CT molecular complexity index is 924. The number of aromatic amines is 1. The van der Waals surface area contributed by atoms with Crippen LogP contribution < -0.4 is 0 Å². The van der Waals surface area contributed by atoms with Gasteiger partial charge in [0.2, 0.25) is 0 Å². The van der Waals surface area contributed by atoms with Crippen LogP contribution in [0.15, 0.2) is 68.9 Å². The van der Waals surface area contributed by atoms with E-state index in [1.54, 1.807) is 54.6 Å². The van der Waals surface area contributed by atoms with Crippen LogP contribution in [-0.4, -0.2) is 9.19 Å². The molecule has 0 saturated heterocycles. The zero-order valence-corrected chi connectivity index (χ0v) is 15.6. The third kappa shape index (κ3) is 3.68. The zero-order chi connectivity index (χ0) is 18.2. The van der Waals surface area contributed by atoms with Crippen molar-refractivity contribution in [2.75, 3.05) is 0 Å². The molecule has 0 bridgehead atoms. The fourth-order valence-electron chi connectivity index (χ4n) is 2.31. The fourth-order valence-corrected chi connectivity index (χ4v) is 4.66. The van der Waals surface area contributed by atoms with Crippen molar-refractivity contribution in [3.8, 4) is 11.3 Å². The monoisotopic (exact) mass is 447 g/mol. The molecule has 2 nitrogen and oxygen atoms in total. The highest BCUT2D eigenvalue weighted by molar-refractivity contribution is 9.10. The van der Waals surface area contributed by atoms with Gasteiger partial charge in [0, 0.05) is 9.92 Å². The third-order valence-electron chi connectivity index (χ3n) is 3.45. The van der Waals surface area contributed by atoms with Crippen LogP contribution in [0.2, 0.25) is 5.02 Å². The molecule has 0 saturated carbocycles. The summed E-state index contributed by atoms with van der Waals surface area (Å²) in [7, 11) is -1.80. The second kappa shape index (κ2) is 6.97. The largest absolute Gasteiger partial charge is 0.432 e. The zero-order valence-electron chi connectivity index (χ0n) is 12.4. The van der Waals surface area contributed by atoms with Crippen molar-refractivity contribution < 1.29 is 17.4 Å². The van der Waals surface area contributed by atoms with Crippen molar-refractivity contribution in [2.24, 2.45) is 0 Å². The van der Waals surface area contributed by atoms with E-state index in [1.165, 1.54) is 0 Å². The number of hydrogen-bond donors (Lipinski definition) is 1. The first-order valence-corrected chi connectivity index (χ1v) is 9.32. The van der Waals surface area contributed by atoms with Gasteiger partial charge in [0.25, 0.3) is 0 Å². The Morgan fingerprint density at radius 1 is 1.00 bits per heavy atom. The van der Waals surface area contributed by atoms with Crippen LogP contribution in [0.25, 0.3) is 11.3 Å². The van der Waals surface area contributed by atoms with Crippen molar-refractivity contribution in [3.63, 3.8) is 0 Å². The molecule has 1 N–H and O–H groups in total. The molecule has 0 fully saturated rings. The van der Waals surface area contributed by atoms with Crippen molar-refractivity contribution in [2.45, 2.75) is 16.0 Å². The number of alkyl halides is 3. The first-order valence-electron chi connectivity index (χ1n) is 7.00. The number of benzene rings is 2. The Hall–Kier alpha value is -1.57. The van der Waals surface area contributed by atoms with Crippen LogP contribution in [0, 0.1) is 0 Å². The molecule has 0 aliphatic rings. The average molecular weight is 449 g/mol. The number of rotatable bonds is 3. The number of nitrogens with one attached hydrogen (secondary N) is 1. The Kier molecular flexibility index (Phi) is 5.09. The number of H-pyrrole nitrogens is 1. The van der Waals surface area contributed by atoms with Gasteiger partial charge in [-0.3, -0.25) is 0 Å². The van der Waals surface area contributed by atoms with Gasteiger partial charge in [-0.15, -0.1) is 0 Å². The highest BCUT2D eigenvalue weighted by Crippen LogP contribution is 2.43. The van der Waals surface area contributed by atoms with Gasteiger partial charge in [0.15, 0.2) is 0 Å². The predicted octanol–water partition coefficient (Wildman–Crippen LogP) is 6.28. The SMILES string of the molecule is O=S(c1ccccc1)c1c(-c2ccc(Cl)cc2)[nH]c(C(F)(F)F)c1Br. The highest BCUT2D eigenvalue weighted by Gasteiger charge is 2.38. The number of halogens is 5. The van der Waals surface area contributed by atoms with E-state index < -0.39 is 22.7 Å². The molecule has 3 aromatic rings. The summed E-state index contributed by atoms with van der Waals surface area (Å²) in [5, 5.41) is 0.455. The summed E-state index contributed by atoms with van der Waals surface area (Å²) < 4.78 is 52.6. The van der Waals surface area contributed by atoms with E-state index in [0.29, 0.717) is 15.5 Å². The quantitative estimate of drug-likeness (QED) is 0.502. The van der Waals surface area contributed by atoms with E-state index in [2.05, 4.69) is 20.9 Å². The second-order valence-electron chi connectivity index (χ2n) is 5.10. The molecule has 8 heteroatoms. The molecule has 1 atom stereocenters. The summed E-state index contributed by atoms with van der Waals surface area (Å²) in [6.07, 6.45) is -4.61. The molecule has 0 spiro atoms. The molecule has 0 radical (unpaired) electrons. The molecule has 1 aromatic heterocycles. The lowest BCUT2D eigenvalue weighted by atomic mass is 10.2. The smallest absolute Gasteiger partial charge is 0.349 e. The average Bonchev–Trinajstić information content (AvgIpc) is 2.93. The maximum Gasteiger partial charge on any atom is 0.432 e. The summed E-state index contributed by atoms with van der Waals surface area (Å²) >= 11 is 8.82. The Labute approximate surface area is 157 Å². The molecule has 1 unspecified atom stereocenters. The third-order valence-corrected chi connectivity index (χ3v) is 6.24. The van der Waals surface area contributed by atoms with Gasteiger partial charge in [0.05, 0.1) is 25.9 Å². The van der Waals surface area contributed by atoms with Gasteiger partial charge in [-0.2, -0.15) is 13.2 Å². The fraction of sp³-hybridized carbons (Fsp3) is 0.0588. The topological polar surface area (TPSA) is 32.9 Å². The number of aromatic nitrogens is 1. The molecular formula is C17H10BrClF3NOS. The molecule has 1 heterocycles. The lowest BCUT2D eigenvalue weighted by Gasteiger charge is -2.06. The number of hydrogen-bond acceptors (Lipinski definition) is 1. The van der Waals surface area contributed by atoms with Gasteiger partial charge in [-0.25, -0.2) is 4.21 Å². The van der Waals surface area contributed by atoms with Gasteiger partial charge >= 0.3 is 6.18 Å². The summed E-state index contributed by atoms with van der Waals surface area (Å²) in [5.41, 5.74) is -0.380. The lowest BCUT2D eigenvalue weighted by Crippen LogP contribution is -2.06. The van der Waals surface area contributed by atoms with E-state index in [1.807, 2.05) is 0 Å². The van der Waals surface area contributed by atoms with E-state index in [4.69, 9.17) is 11.6 Å². The predicted molar refractivity (Wildman–Crippen MR) is 95.1 cm³/mol. The summed E-state index contributed by atoms with van der Waals surface area (Å²) in [5.74, 6) is 0. The van der Waals surface area contributed by atoms with Crippen molar-refractivity contribution in [1.82, 2.24) is 4.98 Å². The van der Waals surface area contributed by atoms with E-state index in [9.17, 15) is 17.4 Å². The van der Waals surface area contributed by atoms with E-state index in [-0.39, 0.29) is 15.1 Å². The normalized spacial score (nSPS) is 13.0. The minimum absolute atomic E-state index is 0.0425. The molecule has 0 aliphatic heterocycles. The van der Waals surface area contributed by atoms with E-state index in [0.717, 1.165) is 0 Å². The maximum atomic E-state index is 13.3. The first-order chi connectivity index (χ1) is 11.8. The van der Waals surface area contributed by atoms with Crippen LogP contribution in [0.5, 0.6) is 0 Å². The molecule has 3 rings (SSSR count). The van der Waals surface area contributed by atoms with Crippen molar-refractivity contribution in [3.05, 3.63) is 69.8 Å². The van der Waals surface area contributed by atoms with Crippen molar-refractivity contribution >= 4 is 38.3 Å². The highest BCUT2D eigenvalue weighted by atomic mass is 79.9. The van der Waals surface area contributed by atoms with Crippen LogP contribution in [0.4, 0.5) is 13.2 Å². The lowest BCUT2D eigenvalue weighted by molar-refractivity contribution is -0.141. The standard InChI is InChI=1S/C17H10BrClF3NOS/c18-13-15(25(24)12-4-2-1-3-5-12)14(23-16(13)17(20,21)22)10-6-8-11(19)9-7-10/h1-9,23H. The second-order valence-corrected chi connectivity index (χ2v) is 7.75. The molecule has 0 aliphatic carbocycles. The molecule has 130 valence electrons. The summed E-state index contributed by atoms with van der Waals surface area (Å²) in [6.45, 7) is 0. The van der Waals surface area contributed by atoms with Crippen molar-refractivity contribution in [1.29, 1.82) is 0 Å².